The molecule has 1 aromatic rings. The lowest BCUT2D eigenvalue weighted by molar-refractivity contribution is 0.00578. The summed E-state index contributed by atoms with van der Waals surface area (Å²) >= 11 is 1.72. The van der Waals surface area contributed by atoms with Crippen LogP contribution in [0.15, 0.2) is 23.1 Å². The molecule has 5 heteroatoms. The van der Waals surface area contributed by atoms with Gasteiger partial charge in [0, 0.05) is 10.4 Å². The lowest BCUT2D eigenvalue weighted by Gasteiger charge is -2.32. The van der Waals surface area contributed by atoms with Gasteiger partial charge in [-0.2, -0.15) is 0 Å². The number of rotatable bonds is 4. The van der Waals surface area contributed by atoms with Crippen molar-refractivity contribution in [3.8, 4) is 5.75 Å². The smallest absolute Gasteiger partial charge is 0.491 e. The molecule has 21 heavy (non-hydrogen) atoms. The van der Waals surface area contributed by atoms with Crippen LogP contribution >= 0.6 is 11.8 Å². The summed E-state index contributed by atoms with van der Waals surface area (Å²) in [5.74, 6) is 0.897. The van der Waals surface area contributed by atoms with Crippen LogP contribution < -0.4 is 10.2 Å². The number of thioether (sulfide) groups is 1. The van der Waals surface area contributed by atoms with Gasteiger partial charge in [-0.05, 0) is 65.0 Å². The molecule has 2 fully saturated rings. The van der Waals surface area contributed by atoms with E-state index in [1.807, 2.05) is 6.07 Å². The summed E-state index contributed by atoms with van der Waals surface area (Å²) in [4.78, 5) is 1.20. The van der Waals surface area contributed by atoms with Crippen molar-refractivity contribution in [3.63, 3.8) is 0 Å². The van der Waals surface area contributed by atoms with E-state index in [1.165, 1.54) is 4.90 Å². The van der Waals surface area contributed by atoms with E-state index in [1.54, 1.807) is 11.8 Å². The zero-order chi connectivity index (χ0) is 15.3. The highest BCUT2D eigenvalue weighted by atomic mass is 32.2. The van der Waals surface area contributed by atoms with Crippen LogP contribution in [-0.2, 0) is 9.31 Å². The fraction of sp³-hybridized carbons (Fsp3) is 0.625. The van der Waals surface area contributed by atoms with Crippen molar-refractivity contribution in [3.05, 3.63) is 18.2 Å². The van der Waals surface area contributed by atoms with Gasteiger partial charge in [-0.1, -0.05) is 0 Å². The van der Waals surface area contributed by atoms with Gasteiger partial charge in [-0.25, -0.2) is 0 Å². The van der Waals surface area contributed by atoms with Gasteiger partial charge in [0.05, 0.1) is 17.3 Å². The summed E-state index contributed by atoms with van der Waals surface area (Å²) < 4.78 is 18.4. The SMILES string of the molecule is CSc1ccc(OC2CC2)c(B2OC(C)(C)C(C)(C)O2)c1. The van der Waals surface area contributed by atoms with Crippen molar-refractivity contribution in [1.29, 1.82) is 0 Å². The number of benzene rings is 1. The fourth-order valence-corrected chi connectivity index (χ4v) is 2.73. The molecular weight excluding hydrogens is 283 g/mol. The monoisotopic (exact) mass is 306 g/mol. The molecule has 3 nitrogen and oxygen atoms in total. The maximum atomic E-state index is 6.18. The molecule has 1 aliphatic heterocycles. The molecule has 1 saturated carbocycles. The van der Waals surface area contributed by atoms with E-state index in [-0.39, 0.29) is 18.3 Å². The maximum absolute atomic E-state index is 6.18. The number of ether oxygens (including phenoxy) is 1. The van der Waals surface area contributed by atoms with Crippen LogP contribution in [0.25, 0.3) is 0 Å². The van der Waals surface area contributed by atoms with Crippen molar-refractivity contribution in [2.75, 3.05) is 6.26 Å². The van der Waals surface area contributed by atoms with Crippen molar-refractivity contribution >= 4 is 24.3 Å². The minimum atomic E-state index is -0.365. The van der Waals surface area contributed by atoms with Crippen LogP contribution in [0.4, 0.5) is 0 Å². The van der Waals surface area contributed by atoms with Gasteiger partial charge < -0.3 is 14.0 Å². The van der Waals surface area contributed by atoms with Crippen LogP contribution in [0, 0.1) is 0 Å². The topological polar surface area (TPSA) is 27.7 Å². The Morgan fingerprint density at radius 2 is 1.76 bits per heavy atom. The second-order valence-corrected chi connectivity index (χ2v) is 7.69. The Labute approximate surface area is 131 Å². The first kappa shape index (κ1) is 15.3. The standard InChI is InChI=1S/C16H23BO3S/c1-15(2)16(3,4)20-17(19-15)13-10-12(21-5)8-9-14(13)18-11-6-7-11/h8-11H,6-7H2,1-5H3. The van der Waals surface area contributed by atoms with Crippen molar-refractivity contribution in [2.24, 2.45) is 0 Å². The minimum Gasteiger partial charge on any atom is -0.491 e. The second-order valence-electron chi connectivity index (χ2n) is 6.81. The van der Waals surface area contributed by atoms with Gasteiger partial charge in [-0.3, -0.25) is 0 Å². The third-order valence-corrected chi connectivity index (χ3v) is 5.27. The summed E-state index contributed by atoms with van der Waals surface area (Å²) in [5, 5.41) is 0. The Kier molecular flexibility index (Phi) is 3.79. The first-order valence-electron chi connectivity index (χ1n) is 7.53. The van der Waals surface area contributed by atoms with Gasteiger partial charge in [0.15, 0.2) is 0 Å². The maximum Gasteiger partial charge on any atom is 0.498 e. The van der Waals surface area contributed by atoms with Crippen molar-refractivity contribution in [1.82, 2.24) is 0 Å². The Morgan fingerprint density at radius 3 is 2.29 bits per heavy atom. The third kappa shape index (κ3) is 2.96. The highest BCUT2D eigenvalue weighted by Gasteiger charge is 2.52. The van der Waals surface area contributed by atoms with Gasteiger partial charge in [0.25, 0.3) is 0 Å². The van der Waals surface area contributed by atoms with Gasteiger partial charge >= 0.3 is 7.12 Å². The largest absolute Gasteiger partial charge is 0.498 e. The second kappa shape index (κ2) is 5.22. The predicted molar refractivity (Wildman–Crippen MR) is 87.6 cm³/mol. The first-order valence-corrected chi connectivity index (χ1v) is 8.75. The van der Waals surface area contributed by atoms with Gasteiger partial charge in [0.2, 0.25) is 0 Å². The average Bonchev–Trinajstić information content (AvgIpc) is 3.18. The van der Waals surface area contributed by atoms with Crippen LogP contribution in [0.2, 0.25) is 0 Å². The number of hydrogen-bond donors (Lipinski definition) is 0. The van der Waals surface area contributed by atoms with Crippen molar-refractivity contribution in [2.45, 2.75) is 62.7 Å². The lowest BCUT2D eigenvalue weighted by Crippen LogP contribution is -2.41. The zero-order valence-corrected chi connectivity index (χ0v) is 14.3. The molecule has 0 bridgehead atoms. The lowest BCUT2D eigenvalue weighted by atomic mass is 9.78. The van der Waals surface area contributed by atoms with E-state index in [2.05, 4.69) is 46.1 Å². The molecule has 0 atom stereocenters. The highest BCUT2D eigenvalue weighted by molar-refractivity contribution is 7.98. The molecule has 1 heterocycles. The molecule has 1 aliphatic carbocycles. The molecule has 114 valence electrons. The molecule has 0 radical (unpaired) electrons. The van der Waals surface area contributed by atoms with Gasteiger partial charge in [-0.15, -0.1) is 11.8 Å². The zero-order valence-electron chi connectivity index (χ0n) is 13.4. The molecular formula is C16H23BO3S. The molecule has 0 unspecified atom stereocenters. The molecule has 0 spiro atoms. The van der Waals surface area contributed by atoms with E-state index >= 15 is 0 Å². The molecule has 0 aromatic heterocycles. The summed E-state index contributed by atoms with van der Waals surface area (Å²) in [5.41, 5.74) is 0.348. The van der Waals surface area contributed by atoms with Crippen LogP contribution in [0.3, 0.4) is 0 Å². The molecule has 3 rings (SSSR count). The van der Waals surface area contributed by atoms with Crippen molar-refractivity contribution < 1.29 is 14.0 Å². The van der Waals surface area contributed by atoms with Gasteiger partial charge in [0.1, 0.15) is 5.75 Å². The van der Waals surface area contributed by atoms with Crippen LogP contribution in [0.5, 0.6) is 5.75 Å². The Bertz CT molecular complexity index is 524. The average molecular weight is 306 g/mol. The molecule has 0 N–H and O–H groups in total. The summed E-state index contributed by atoms with van der Waals surface area (Å²) in [6.07, 6.45) is 4.73. The Morgan fingerprint density at radius 1 is 1.14 bits per heavy atom. The Hall–Kier alpha value is -0.645. The summed E-state index contributed by atoms with van der Waals surface area (Å²) in [6, 6.07) is 6.27. The molecule has 0 amide bonds. The van der Waals surface area contributed by atoms with E-state index in [9.17, 15) is 0 Å². The minimum absolute atomic E-state index is 0.329. The van der Waals surface area contributed by atoms with E-state index in [0.29, 0.717) is 6.10 Å². The third-order valence-electron chi connectivity index (χ3n) is 4.54. The summed E-state index contributed by atoms with van der Waals surface area (Å²) in [6.45, 7) is 8.30. The molecule has 1 aromatic carbocycles. The normalized spacial score (nSPS) is 23.4. The number of hydrogen-bond acceptors (Lipinski definition) is 4. The quantitative estimate of drug-likeness (QED) is 0.630. The van der Waals surface area contributed by atoms with Crippen LogP contribution in [-0.4, -0.2) is 30.7 Å². The first-order chi connectivity index (χ1) is 9.82. The summed E-state index contributed by atoms with van der Waals surface area (Å²) in [7, 11) is -0.365. The molecule has 2 aliphatic rings. The van der Waals surface area contributed by atoms with E-state index in [4.69, 9.17) is 14.0 Å². The molecule has 1 saturated heterocycles. The fourth-order valence-electron chi connectivity index (χ4n) is 2.28. The predicted octanol–water partition coefficient (Wildman–Crippen LogP) is 3.25. The highest BCUT2D eigenvalue weighted by Crippen LogP contribution is 2.38. The Balaban J connectivity index is 1.92. The van der Waals surface area contributed by atoms with E-state index < -0.39 is 0 Å². The van der Waals surface area contributed by atoms with E-state index in [0.717, 1.165) is 24.1 Å². The van der Waals surface area contributed by atoms with Crippen LogP contribution in [0.1, 0.15) is 40.5 Å².